The first-order chi connectivity index (χ1) is 7.18. The van der Waals surface area contributed by atoms with Crippen LogP contribution in [0.25, 0.3) is 0 Å². The topological polar surface area (TPSA) is 56.9 Å². The number of hydrogen-bond acceptors (Lipinski definition) is 4. The Labute approximate surface area is 89.3 Å². The molecule has 0 aromatic carbocycles. The minimum absolute atomic E-state index is 0.240. The SMILES string of the molecule is Cn1ccc(=O)n(Cc2nccs2)c1=O. The third-order valence-corrected chi connectivity index (χ3v) is 2.78. The molecule has 0 unspecified atom stereocenters. The second-order valence-electron chi connectivity index (χ2n) is 3.06. The van der Waals surface area contributed by atoms with Crippen LogP contribution in [-0.4, -0.2) is 14.1 Å². The van der Waals surface area contributed by atoms with Gasteiger partial charge in [0.2, 0.25) is 0 Å². The number of hydrogen-bond donors (Lipinski definition) is 0. The van der Waals surface area contributed by atoms with Crippen molar-refractivity contribution in [3.8, 4) is 0 Å². The number of nitrogens with zero attached hydrogens (tertiary/aromatic N) is 3. The number of aryl methyl sites for hydroxylation is 1. The van der Waals surface area contributed by atoms with Crippen LogP contribution in [-0.2, 0) is 13.6 Å². The van der Waals surface area contributed by atoms with Crippen LogP contribution in [0.15, 0.2) is 33.4 Å². The summed E-state index contributed by atoms with van der Waals surface area (Å²) in [6.45, 7) is 0.240. The molecule has 0 spiro atoms. The molecule has 2 heterocycles. The van der Waals surface area contributed by atoms with E-state index in [4.69, 9.17) is 0 Å². The summed E-state index contributed by atoms with van der Waals surface area (Å²) >= 11 is 1.42. The highest BCUT2D eigenvalue weighted by Gasteiger charge is 2.04. The van der Waals surface area contributed by atoms with Gasteiger partial charge in [-0.15, -0.1) is 11.3 Å². The van der Waals surface area contributed by atoms with Gasteiger partial charge in [0.25, 0.3) is 5.56 Å². The summed E-state index contributed by atoms with van der Waals surface area (Å²) in [7, 11) is 1.61. The van der Waals surface area contributed by atoms with E-state index in [0.29, 0.717) is 0 Å². The van der Waals surface area contributed by atoms with Gasteiger partial charge in [-0.3, -0.25) is 9.36 Å². The van der Waals surface area contributed by atoms with Crippen molar-refractivity contribution in [2.45, 2.75) is 6.54 Å². The lowest BCUT2D eigenvalue weighted by molar-refractivity contribution is 0.637. The summed E-state index contributed by atoms with van der Waals surface area (Å²) in [6, 6.07) is 1.37. The van der Waals surface area contributed by atoms with Crippen LogP contribution in [0.1, 0.15) is 5.01 Å². The van der Waals surface area contributed by atoms with Crippen LogP contribution in [0, 0.1) is 0 Å². The quantitative estimate of drug-likeness (QED) is 0.723. The molecule has 0 fully saturated rings. The Morgan fingerprint density at radius 2 is 2.27 bits per heavy atom. The summed E-state index contributed by atoms with van der Waals surface area (Å²) in [4.78, 5) is 27.1. The summed E-state index contributed by atoms with van der Waals surface area (Å²) in [5, 5.41) is 2.56. The van der Waals surface area contributed by atoms with Crippen molar-refractivity contribution in [1.29, 1.82) is 0 Å². The molecule has 0 amide bonds. The highest BCUT2D eigenvalue weighted by molar-refractivity contribution is 7.09. The lowest BCUT2D eigenvalue weighted by Crippen LogP contribution is -2.38. The number of aromatic nitrogens is 3. The van der Waals surface area contributed by atoms with E-state index >= 15 is 0 Å². The molecule has 0 aliphatic heterocycles. The van der Waals surface area contributed by atoms with Gasteiger partial charge in [0.1, 0.15) is 5.01 Å². The molecular weight excluding hydrogens is 214 g/mol. The van der Waals surface area contributed by atoms with Crippen molar-refractivity contribution in [3.05, 3.63) is 49.7 Å². The van der Waals surface area contributed by atoms with Gasteiger partial charge in [0, 0.05) is 30.9 Å². The fourth-order valence-corrected chi connectivity index (χ4v) is 1.83. The van der Waals surface area contributed by atoms with Gasteiger partial charge in [-0.2, -0.15) is 0 Å². The average Bonchev–Trinajstić information content (AvgIpc) is 2.71. The molecule has 0 saturated carbocycles. The van der Waals surface area contributed by atoms with Crippen molar-refractivity contribution in [2.24, 2.45) is 7.05 Å². The molecule has 78 valence electrons. The van der Waals surface area contributed by atoms with E-state index in [-0.39, 0.29) is 17.8 Å². The van der Waals surface area contributed by atoms with Crippen molar-refractivity contribution in [1.82, 2.24) is 14.1 Å². The van der Waals surface area contributed by atoms with Gasteiger partial charge in [-0.05, 0) is 0 Å². The molecule has 0 aliphatic carbocycles. The zero-order valence-electron chi connectivity index (χ0n) is 8.08. The second-order valence-corrected chi connectivity index (χ2v) is 4.04. The maximum atomic E-state index is 11.6. The van der Waals surface area contributed by atoms with Crippen molar-refractivity contribution in [3.63, 3.8) is 0 Å². The molecular formula is C9H9N3O2S. The predicted octanol–water partition coefficient (Wildman–Crippen LogP) is 0.0518. The van der Waals surface area contributed by atoms with Crippen molar-refractivity contribution < 1.29 is 0 Å². The monoisotopic (exact) mass is 223 g/mol. The fraction of sp³-hybridized carbons (Fsp3) is 0.222. The van der Waals surface area contributed by atoms with E-state index in [1.807, 2.05) is 5.38 Å². The second kappa shape index (κ2) is 3.82. The Morgan fingerprint density at radius 1 is 1.47 bits per heavy atom. The molecule has 15 heavy (non-hydrogen) atoms. The van der Waals surface area contributed by atoms with E-state index in [0.717, 1.165) is 5.01 Å². The van der Waals surface area contributed by atoms with Crippen LogP contribution in [0.5, 0.6) is 0 Å². The smallest absolute Gasteiger partial charge is 0.303 e. The van der Waals surface area contributed by atoms with E-state index in [9.17, 15) is 9.59 Å². The molecule has 0 radical (unpaired) electrons. The molecule has 2 aromatic heterocycles. The van der Waals surface area contributed by atoms with Gasteiger partial charge >= 0.3 is 5.69 Å². The van der Waals surface area contributed by atoms with E-state index in [1.54, 1.807) is 13.2 Å². The van der Waals surface area contributed by atoms with E-state index in [1.165, 1.54) is 32.7 Å². The van der Waals surface area contributed by atoms with Crippen LogP contribution in [0.2, 0.25) is 0 Å². The average molecular weight is 223 g/mol. The number of thiazole rings is 1. The minimum atomic E-state index is -0.322. The fourth-order valence-electron chi connectivity index (χ4n) is 1.23. The highest BCUT2D eigenvalue weighted by Crippen LogP contribution is 2.03. The standard InChI is InChI=1S/C9H9N3O2S/c1-11-4-2-8(13)12(9(11)14)6-7-10-3-5-15-7/h2-5H,6H2,1H3. The largest absolute Gasteiger partial charge is 0.331 e. The molecule has 0 bridgehead atoms. The summed E-state index contributed by atoms with van der Waals surface area (Å²) in [5.41, 5.74) is -0.619. The van der Waals surface area contributed by atoms with E-state index in [2.05, 4.69) is 4.98 Å². The summed E-state index contributed by atoms with van der Waals surface area (Å²) < 4.78 is 2.54. The van der Waals surface area contributed by atoms with Gasteiger partial charge in [0.15, 0.2) is 0 Å². The first-order valence-electron chi connectivity index (χ1n) is 4.33. The van der Waals surface area contributed by atoms with Crippen LogP contribution in [0.3, 0.4) is 0 Å². The minimum Gasteiger partial charge on any atom is -0.303 e. The Hall–Kier alpha value is -1.69. The van der Waals surface area contributed by atoms with Gasteiger partial charge < -0.3 is 4.57 Å². The molecule has 0 N–H and O–H groups in total. The van der Waals surface area contributed by atoms with Gasteiger partial charge in [-0.25, -0.2) is 9.78 Å². The first kappa shape index (κ1) is 9.85. The molecule has 5 nitrogen and oxygen atoms in total. The summed E-state index contributed by atoms with van der Waals surface area (Å²) in [6.07, 6.45) is 3.11. The zero-order valence-corrected chi connectivity index (χ0v) is 8.90. The van der Waals surface area contributed by atoms with E-state index < -0.39 is 0 Å². The molecule has 0 aliphatic rings. The Morgan fingerprint density at radius 3 is 2.93 bits per heavy atom. The van der Waals surface area contributed by atoms with Crippen molar-refractivity contribution in [2.75, 3.05) is 0 Å². The van der Waals surface area contributed by atoms with Gasteiger partial charge in [0.05, 0.1) is 6.54 Å². The first-order valence-corrected chi connectivity index (χ1v) is 5.21. The molecule has 2 aromatic rings. The maximum absolute atomic E-state index is 11.6. The third kappa shape index (κ3) is 1.89. The lowest BCUT2D eigenvalue weighted by atomic mass is 10.5. The molecule has 6 heteroatoms. The molecule has 0 atom stereocenters. The predicted molar refractivity (Wildman–Crippen MR) is 57.2 cm³/mol. The molecule has 0 saturated heterocycles. The van der Waals surface area contributed by atoms with Crippen molar-refractivity contribution >= 4 is 11.3 Å². The van der Waals surface area contributed by atoms with Gasteiger partial charge in [-0.1, -0.05) is 0 Å². The van der Waals surface area contributed by atoms with Crippen LogP contribution in [0.4, 0.5) is 0 Å². The Kier molecular flexibility index (Phi) is 2.51. The summed E-state index contributed by atoms with van der Waals surface area (Å²) in [5.74, 6) is 0. The maximum Gasteiger partial charge on any atom is 0.331 e. The highest BCUT2D eigenvalue weighted by atomic mass is 32.1. The third-order valence-electron chi connectivity index (χ3n) is 2.02. The molecule has 2 rings (SSSR count). The lowest BCUT2D eigenvalue weighted by Gasteiger charge is -2.03. The Balaban J connectivity index is 2.49. The van der Waals surface area contributed by atoms with Crippen LogP contribution < -0.4 is 11.2 Å². The zero-order chi connectivity index (χ0) is 10.8. The Bertz CT molecular complexity index is 568. The normalized spacial score (nSPS) is 10.5. The van der Waals surface area contributed by atoms with Crippen LogP contribution >= 0.6 is 11.3 Å². The number of rotatable bonds is 2.